The summed E-state index contributed by atoms with van der Waals surface area (Å²) in [4.78, 5) is 7.00. The third-order valence-electron chi connectivity index (χ3n) is 3.06. The van der Waals surface area contributed by atoms with E-state index in [4.69, 9.17) is 0 Å². The van der Waals surface area contributed by atoms with Crippen molar-refractivity contribution in [3.05, 3.63) is 24.0 Å². The average molecular weight is 204 g/mol. The summed E-state index contributed by atoms with van der Waals surface area (Å²) in [5, 5.41) is 0. The second-order valence-corrected chi connectivity index (χ2v) is 4.61. The normalized spacial score (nSPS) is 17.1. The second-order valence-electron chi connectivity index (χ2n) is 4.61. The first kappa shape index (κ1) is 10.5. The van der Waals surface area contributed by atoms with Crippen LogP contribution in [0.25, 0.3) is 0 Å². The van der Waals surface area contributed by atoms with E-state index in [0.717, 1.165) is 0 Å². The lowest BCUT2D eigenvalue weighted by Gasteiger charge is -2.30. The van der Waals surface area contributed by atoms with E-state index in [-0.39, 0.29) is 0 Å². The molecule has 82 valence electrons. The number of hydrogen-bond donors (Lipinski definition) is 0. The van der Waals surface area contributed by atoms with Gasteiger partial charge in [-0.15, -0.1) is 0 Å². The van der Waals surface area contributed by atoms with Crippen molar-refractivity contribution in [3.8, 4) is 0 Å². The molecule has 2 heteroatoms. The van der Waals surface area contributed by atoms with Crippen molar-refractivity contribution in [2.45, 2.75) is 39.0 Å². The quantitative estimate of drug-likeness (QED) is 0.735. The predicted molar refractivity (Wildman–Crippen MR) is 64.4 cm³/mol. The molecule has 1 fully saturated rings. The summed E-state index contributed by atoms with van der Waals surface area (Å²) in [6.07, 6.45) is 5.94. The fraction of sp³-hybridized carbons (Fsp3) is 0.615. The van der Waals surface area contributed by atoms with E-state index < -0.39 is 0 Å². The highest BCUT2D eigenvalue weighted by Crippen LogP contribution is 2.27. The van der Waals surface area contributed by atoms with E-state index in [1.165, 1.54) is 43.7 Å². The number of nitrogens with zero attached hydrogens (tertiary/aromatic N) is 2. The molecule has 0 radical (unpaired) electrons. The SMILES string of the molecule is CC(C)c1ncccc1N1CCCCC1. The van der Waals surface area contributed by atoms with Gasteiger partial charge in [-0.25, -0.2) is 0 Å². The Balaban J connectivity index is 2.25. The van der Waals surface area contributed by atoms with Crippen LogP contribution in [0.2, 0.25) is 0 Å². The van der Waals surface area contributed by atoms with Crippen LogP contribution in [0.15, 0.2) is 18.3 Å². The molecule has 2 nitrogen and oxygen atoms in total. The van der Waals surface area contributed by atoms with Crippen LogP contribution >= 0.6 is 0 Å². The molecule has 2 heterocycles. The van der Waals surface area contributed by atoms with Gasteiger partial charge >= 0.3 is 0 Å². The minimum Gasteiger partial charge on any atom is -0.370 e. The fourth-order valence-corrected chi connectivity index (χ4v) is 2.26. The molecule has 2 rings (SSSR count). The average Bonchev–Trinajstić information content (AvgIpc) is 2.30. The third kappa shape index (κ3) is 2.31. The molecule has 0 aromatic carbocycles. The summed E-state index contributed by atoms with van der Waals surface area (Å²) < 4.78 is 0. The second kappa shape index (κ2) is 4.65. The number of anilines is 1. The molecule has 0 atom stereocenters. The first-order valence-electron chi connectivity index (χ1n) is 5.99. The van der Waals surface area contributed by atoms with Crippen LogP contribution in [0.1, 0.15) is 44.7 Å². The van der Waals surface area contributed by atoms with Gasteiger partial charge in [-0.1, -0.05) is 13.8 Å². The first-order valence-corrected chi connectivity index (χ1v) is 5.99. The number of rotatable bonds is 2. The molecule has 1 saturated heterocycles. The predicted octanol–water partition coefficient (Wildman–Crippen LogP) is 3.20. The highest BCUT2D eigenvalue weighted by molar-refractivity contribution is 5.51. The van der Waals surface area contributed by atoms with Crippen LogP contribution in [0.4, 0.5) is 5.69 Å². The summed E-state index contributed by atoms with van der Waals surface area (Å²) in [6.45, 7) is 6.84. The topological polar surface area (TPSA) is 16.1 Å². The first-order chi connectivity index (χ1) is 7.29. The van der Waals surface area contributed by atoms with Crippen LogP contribution in [0.5, 0.6) is 0 Å². The van der Waals surface area contributed by atoms with E-state index in [0.29, 0.717) is 5.92 Å². The van der Waals surface area contributed by atoms with Crippen molar-refractivity contribution in [2.24, 2.45) is 0 Å². The highest BCUT2D eigenvalue weighted by atomic mass is 15.1. The molecule has 0 bridgehead atoms. The maximum atomic E-state index is 4.51. The Kier molecular flexibility index (Phi) is 3.24. The number of aromatic nitrogens is 1. The number of pyridine rings is 1. The summed E-state index contributed by atoms with van der Waals surface area (Å²) in [5.41, 5.74) is 2.60. The molecule has 1 aliphatic rings. The van der Waals surface area contributed by atoms with Crippen molar-refractivity contribution in [1.29, 1.82) is 0 Å². The van der Waals surface area contributed by atoms with Gasteiger partial charge in [0.25, 0.3) is 0 Å². The Morgan fingerprint density at radius 2 is 1.93 bits per heavy atom. The zero-order valence-electron chi connectivity index (χ0n) is 9.74. The standard InChI is InChI=1S/C13H20N2/c1-11(2)13-12(7-6-8-14-13)15-9-4-3-5-10-15/h6-8,11H,3-5,9-10H2,1-2H3. The fourth-order valence-electron chi connectivity index (χ4n) is 2.26. The van der Waals surface area contributed by atoms with Gasteiger partial charge in [0.15, 0.2) is 0 Å². The third-order valence-corrected chi connectivity index (χ3v) is 3.06. The molecule has 1 aromatic rings. The van der Waals surface area contributed by atoms with Crippen LogP contribution < -0.4 is 4.90 Å². The summed E-state index contributed by atoms with van der Waals surface area (Å²) in [7, 11) is 0. The van der Waals surface area contributed by atoms with Gasteiger partial charge in [0.2, 0.25) is 0 Å². The van der Waals surface area contributed by atoms with Gasteiger partial charge < -0.3 is 4.90 Å². The lowest BCUT2D eigenvalue weighted by Crippen LogP contribution is -2.30. The van der Waals surface area contributed by atoms with Crippen LogP contribution in [0.3, 0.4) is 0 Å². The largest absolute Gasteiger partial charge is 0.370 e. The summed E-state index contributed by atoms with van der Waals surface area (Å²) in [6, 6.07) is 4.27. The molecule has 1 aromatic heterocycles. The molecule has 0 amide bonds. The Labute approximate surface area is 92.3 Å². The minimum atomic E-state index is 0.517. The lowest BCUT2D eigenvalue weighted by atomic mass is 10.0. The van der Waals surface area contributed by atoms with E-state index in [9.17, 15) is 0 Å². The zero-order valence-corrected chi connectivity index (χ0v) is 9.74. The molecule has 0 N–H and O–H groups in total. The molecular formula is C13H20N2. The minimum absolute atomic E-state index is 0.517. The summed E-state index contributed by atoms with van der Waals surface area (Å²) >= 11 is 0. The van der Waals surface area contributed by atoms with Gasteiger partial charge in [-0.2, -0.15) is 0 Å². The van der Waals surface area contributed by atoms with E-state index in [1.54, 1.807) is 0 Å². The van der Waals surface area contributed by atoms with Crippen LogP contribution in [-0.2, 0) is 0 Å². The van der Waals surface area contributed by atoms with Crippen molar-refractivity contribution >= 4 is 5.69 Å². The summed E-state index contributed by atoms with van der Waals surface area (Å²) in [5.74, 6) is 0.517. The zero-order chi connectivity index (χ0) is 10.7. The monoisotopic (exact) mass is 204 g/mol. The Hall–Kier alpha value is -1.05. The number of hydrogen-bond acceptors (Lipinski definition) is 2. The van der Waals surface area contributed by atoms with E-state index in [1.807, 2.05) is 6.20 Å². The molecule has 1 aliphatic heterocycles. The maximum Gasteiger partial charge on any atom is 0.0662 e. The van der Waals surface area contributed by atoms with E-state index in [2.05, 4.69) is 35.9 Å². The highest BCUT2D eigenvalue weighted by Gasteiger charge is 2.16. The van der Waals surface area contributed by atoms with Gasteiger partial charge in [0.1, 0.15) is 0 Å². The van der Waals surface area contributed by atoms with Crippen molar-refractivity contribution in [1.82, 2.24) is 4.98 Å². The molecule has 0 saturated carbocycles. The molecule has 0 unspecified atom stereocenters. The van der Waals surface area contributed by atoms with E-state index >= 15 is 0 Å². The molecule has 0 aliphatic carbocycles. The lowest BCUT2D eigenvalue weighted by molar-refractivity contribution is 0.574. The molecular weight excluding hydrogens is 184 g/mol. The van der Waals surface area contributed by atoms with Gasteiger partial charge in [0.05, 0.1) is 11.4 Å². The van der Waals surface area contributed by atoms with Crippen LogP contribution in [0, 0.1) is 0 Å². The van der Waals surface area contributed by atoms with Crippen molar-refractivity contribution in [3.63, 3.8) is 0 Å². The van der Waals surface area contributed by atoms with Crippen LogP contribution in [-0.4, -0.2) is 18.1 Å². The molecule has 0 spiro atoms. The number of piperidine rings is 1. The van der Waals surface area contributed by atoms with Gasteiger partial charge in [-0.05, 0) is 37.3 Å². The Morgan fingerprint density at radius 1 is 1.20 bits per heavy atom. The maximum absolute atomic E-state index is 4.51. The smallest absolute Gasteiger partial charge is 0.0662 e. The van der Waals surface area contributed by atoms with Crippen molar-refractivity contribution in [2.75, 3.05) is 18.0 Å². The van der Waals surface area contributed by atoms with Gasteiger partial charge in [0, 0.05) is 19.3 Å². The Morgan fingerprint density at radius 3 is 2.60 bits per heavy atom. The Bertz CT molecular complexity index is 314. The van der Waals surface area contributed by atoms with Gasteiger partial charge in [-0.3, -0.25) is 4.98 Å². The van der Waals surface area contributed by atoms with Crippen molar-refractivity contribution < 1.29 is 0 Å². The molecule has 15 heavy (non-hydrogen) atoms.